The molecule has 4 heteroatoms. The molecule has 1 fully saturated rings. The fourth-order valence-corrected chi connectivity index (χ4v) is 2.71. The van der Waals surface area contributed by atoms with E-state index in [4.69, 9.17) is 5.11 Å². The van der Waals surface area contributed by atoms with Crippen molar-refractivity contribution >= 4 is 11.9 Å². The average molecular weight is 303 g/mol. The number of aliphatic carboxylic acids is 1. The van der Waals surface area contributed by atoms with Crippen molar-refractivity contribution in [2.45, 2.75) is 52.0 Å². The monoisotopic (exact) mass is 303 g/mol. The van der Waals surface area contributed by atoms with Gasteiger partial charge in [-0.05, 0) is 35.8 Å². The van der Waals surface area contributed by atoms with E-state index in [1.807, 2.05) is 12.1 Å². The van der Waals surface area contributed by atoms with Crippen LogP contribution in [0.1, 0.15) is 51.2 Å². The van der Waals surface area contributed by atoms with E-state index in [0.717, 1.165) is 12.0 Å². The number of nitrogens with one attached hydrogen (secondary N) is 1. The van der Waals surface area contributed by atoms with Crippen LogP contribution in [0.3, 0.4) is 0 Å². The van der Waals surface area contributed by atoms with Crippen LogP contribution in [-0.2, 0) is 21.5 Å². The molecule has 22 heavy (non-hydrogen) atoms. The zero-order chi connectivity index (χ0) is 16.3. The smallest absolute Gasteiger partial charge is 0.307 e. The molecule has 0 saturated heterocycles. The molecule has 0 heterocycles. The Balaban J connectivity index is 1.90. The van der Waals surface area contributed by atoms with Crippen LogP contribution in [0.15, 0.2) is 24.3 Å². The Kier molecular flexibility index (Phi) is 4.89. The van der Waals surface area contributed by atoms with Gasteiger partial charge in [0.05, 0.1) is 11.8 Å². The molecule has 2 atom stereocenters. The van der Waals surface area contributed by atoms with Gasteiger partial charge >= 0.3 is 5.97 Å². The van der Waals surface area contributed by atoms with Crippen molar-refractivity contribution in [2.75, 3.05) is 0 Å². The first-order valence-electron chi connectivity index (χ1n) is 7.95. The van der Waals surface area contributed by atoms with Gasteiger partial charge in [-0.15, -0.1) is 0 Å². The fourth-order valence-electron chi connectivity index (χ4n) is 2.71. The molecule has 120 valence electrons. The standard InChI is InChI=1S/C18H25NO3/c1-4-18(2,3)13-7-5-12(6-8-13)11-19-16(20)14-9-10-15(14)17(21)22/h5-8,14-15H,4,9-11H2,1-3H3,(H,19,20)(H,21,22). The number of carboxylic acid groups (broad SMARTS) is 1. The third kappa shape index (κ3) is 3.49. The minimum Gasteiger partial charge on any atom is -0.481 e. The molecule has 1 aromatic carbocycles. The number of carbonyl (C=O) groups excluding carboxylic acids is 1. The van der Waals surface area contributed by atoms with Gasteiger partial charge in [0, 0.05) is 6.54 Å². The number of benzene rings is 1. The van der Waals surface area contributed by atoms with Crippen LogP contribution in [0.2, 0.25) is 0 Å². The summed E-state index contributed by atoms with van der Waals surface area (Å²) in [7, 11) is 0. The Labute approximate surface area is 131 Å². The quantitative estimate of drug-likeness (QED) is 0.848. The predicted molar refractivity (Wildman–Crippen MR) is 85.5 cm³/mol. The van der Waals surface area contributed by atoms with Crippen LogP contribution in [0, 0.1) is 11.8 Å². The lowest BCUT2D eigenvalue weighted by atomic mass is 9.73. The Morgan fingerprint density at radius 1 is 1.18 bits per heavy atom. The van der Waals surface area contributed by atoms with E-state index < -0.39 is 11.9 Å². The molecule has 0 radical (unpaired) electrons. The fraction of sp³-hybridized carbons (Fsp3) is 0.556. The van der Waals surface area contributed by atoms with Crippen molar-refractivity contribution in [1.29, 1.82) is 0 Å². The third-order valence-corrected chi connectivity index (χ3v) is 5.01. The molecule has 1 saturated carbocycles. The third-order valence-electron chi connectivity index (χ3n) is 5.01. The largest absolute Gasteiger partial charge is 0.481 e. The number of hydrogen-bond acceptors (Lipinski definition) is 2. The maximum absolute atomic E-state index is 12.0. The predicted octanol–water partition coefficient (Wildman–Crippen LogP) is 3.10. The zero-order valence-electron chi connectivity index (χ0n) is 13.6. The summed E-state index contributed by atoms with van der Waals surface area (Å²) in [5.74, 6) is -1.88. The Morgan fingerprint density at radius 3 is 2.23 bits per heavy atom. The van der Waals surface area contributed by atoms with Crippen LogP contribution in [0.4, 0.5) is 0 Å². The Morgan fingerprint density at radius 2 is 1.77 bits per heavy atom. The summed E-state index contributed by atoms with van der Waals surface area (Å²) in [6.07, 6.45) is 2.35. The molecule has 2 N–H and O–H groups in total. The van der Waals surface area contributed by atoms with Gasteiger partial charge in [-0.3, -0.25) is 9.59 Å². The van der Waals surface area contributed by atoms with Crippen molar-refractivity contribution in [3.63, 3.8) is 0 Å². The molecule has 2 unspecified atom stereocenters. The van der Waals surface area contributed by atoms with E-state index in [1.54, 1.807) is 0 Å². The molecule has 1 aliphatic rings. The molecule has 4 nitrogen and oxygen atoms in total. The van der Waals surface area contributed by atoms with Gasteiger partial charge in [-0.25, -0.2) is 0 Å². The molecule has 1 aliphatic carbocycles. The Hall–Kier alpha value is -1.84. The zero-order valence-corrected chi connectivity index (χ0v) is 13.6. The Bertz CT molecular complexity index is 548. The summed E-state index contributed by atoms with van der Waals surface area (Å²) in [5.41, 5.74) is 2.48. The van der Waals surface area contributed by atoms with Crippen molar-refractivity contribution < 1.29 is 14.7 Å². The van der Waals surface area contributed by atoms with E-state index in [-0.39, 0.29) is 17.2 Å². The normalized spacial score (nSPS) is 21.0. The number of amides is 1. The van der Waals surface area contributed by atoms with Crippen LogP contribution in [0.25, 0.3) is 0 Å². The summed E-state index contributed by atoms with van der Waals surface area (Å²) in [6.45, 7) is 7.05. The van der Waals surface area contributed by atoms with Crippen molar-refractivity contribution in [2.24, 2.45) is 11.8 Å². The van der Waals surface area contributed by atoms with Crippen LogP contribution >= 0.6 is 0 Å². The molecule has 0 aliphatic heterocycles. The first-order valence-corrected chi connectivity index (χ1v) is 7.95. The summed E-state index contributed by atoms with van der Waals surface area (Å²) in [4.78, 5) is 23.0. The topological polar surface area (TPSA) is 66.4 Å². The lowest BCUT2D eigenvalue weighted by Crippen LogP contribution is -2.43. The first kappa shape index (κ1) is 16.5. The number of carboxylic acids is 1. The van der Waals surface area contributed by atoms with Gasteiger partial charge in [0.15, 0.2) is 0 Å². The van der Waals surface area contributed by atoms with E-state index in [2.05, 4.69) is 38.2 Å². The number of carbonyl (C=O) groups is 2. The van der Waals surface area contributed by atoms with E-state index >= 15 is 0 Å². The summed E-state index contributed by atoms with van der Waals surface area (Å²) in [5, 5.41) is 11.8. The van der Waals surface area contributed by atoms with Crippen molar-refractivity contribution in [3.8, 4) is 0 Å². The van der Waals surface area contributed by atoms with Gasteiger partial charge in [-0.1, -0.05) is 45.0 Å². The SMILES string of the molecule is CCC(C)(C)c1ccc(CNC(=O)C2CCC2C(=O)O)cc1. The van der Waals surface area contributed by atoms with Gasteiger partial charge in [0.2, 0.25) is 5.91 Å². The highest BCUT2D eigenvalue weighted by molar-refractivity contribution is 5.86. The second-order valence-corrected chi connectivity index (χ2v) is 6.78. The number of hydrogen-bond donors (Lipinski definition) is 2. The average Bonchev–Trinajstić information content (AvgIpc) is 2.43. The molecule has 0 aromatic heterocycles. The van der Waals surface area contributed by atoms with Crippen LogP contribution < -0.4 is 5.32 Å². The van der Waals surface area contributed by atoms with E-state index in [9.17, 15) is 9.59 Å². The van der Waals surface area contributed by atoms with Gasteiger partial charge in [-0.2, -0.15) is 0 Å². The highest BCUT2D eigenvalue weighted by Gasteiger charge is 2.41. The molecule has 0 spiro atoms. The number of rotatable bonds is 6. The second kappa shape index (κ2) is 6.51. The maximum Gasteiger partial charge on any atom is 0.307 e. The summed E-state index contributed by atoms with van der Waals surface area (Å²) >= 11 is 0. The van der Waals surface area contributed by atoms with Gasteiger partial charge in [0.1, 0.15) is 0 Å². The highest BCUT2D eigenvalue weighted by Crippen LogP contribution is 2.34. The molecular formula is C18H25NO3. The molecular weight excluding hydrogens is 278 g/mol. The van der Waals surface area contributed by atoms with Gasteiger partial charge in [0.25, 0.3) is 0 Å². The second-order valence-electron chi connectivity index (χ2n) is 6.78. The minimum absolute atomic E-state index is 0.142. The molecule has 1 amide bonds. The van der Waals surface area contributed by atoms with E-state index in [0.29, 0.717) is 19.4 Å². The molecule has 0 bridgehead atoms. The maximum atomic E-state index is 12.0. The summed E-state index contributed by atoms with van der Waals surface area (Å²) in [6, 6.07) is 8.27. The molecule has 1 aromatic rings. The van der Waals surface area contributed by atoms with Crippen molar-refractivity contribution in [3.05, 3.63) is 35.4 Å². The van der Waals surface area contributed by atoms with Crippen LogP contribution in [0.5, 0.6) is 0 Å². The lowest BCUT2D eigenvalue weighted by molar-refractivity contribution is -0.152. The van der Waals surface area contributed by atoms with E-state index in [1.165, 1.54) is 5.56 Å². The van der Waals surface area contributed by atoms with Gasteiger partial charge < -0.3 is 10.4 Å². The lowest BCUT2D eigenvalue weighted by Gasteiger charge is -2.31. The summed E-state index contributed by atoms with van der Waals surface area (Å²) < 4.78 is 0. The highest BCUT2D eigenvalue weighted by atomic mass is 16.4. The van der Waals surface area contributed by atoms with Crippen LogP contribution in [-0.4, -0.2) is 17.0 Å². The first-order chi connectivity index (χ1) is 10.3. The van der Waals surface area contributed by atoms with Crippen molar-refractivity contribution in [1.82, 2.24) is 5.32 Å². The minimum atomic E-state index is -0.863. The molecule has 2 rings (SSSR count).